The number of hydrogen-bond donors (Lipinski definition) is 2. The Hall–Kier alpha value is -4.58. The summed E-state index contributed by atoms with van der Waals surface area (Å²) < 4.78 is 16.9. The van der Waals surface area contributed by atoms with Crippen LogP contribution in [0, 0.1) is 0 Å². The van der Waals surface area contributed by atoms with E-state index in [9.17, 15) is 9.59 Å². The number of carbonyl (C=O) groups excluding carboxylic acids is 2. The minimum Gasteiger partial charge on any atom is -0.494 e. The van der Waals surface area contributed by atoms with Gasteiger partial charge >= 0.3 is 12.2 Å². The summed E-state index contributed by atoms with van der Waals surface area (Å²) in [5, 5.41) is 5.97. The lowest BCUT2D eigenvalue weighted by atomic mass is 9.98. The van der Waals surface area contributed by atoms with Crippen LogP contribution in [0.5, 0.6) is 5.75 Å². The van der Waals surface area contributed by atoms with Crippen LogP contribution in [0.4, 0.5) is 44.1 Å². The molecule has 0 bridgehead atoms. The summed E-state index contributed by atoms with van der Waals surface area (Å²) in [4.78, 5) is 41.0. The number of carbonyl (C=O) groups is 2. The van der Waals surface area contributed by atoms with E-state index in [2.05, 4.69) is 32.5 Å². The second-order valence-electron chi connectivity index (χ2n) is 12.1. The first-order chi connectivity index (χ1) is 20.3. The predicted molar refractivity (Wildman–Crippen MR) is 166 cm³/mol. The molecule has 0 radical (unpaired) electrons. The molecule has 2 aliphatic rings. The van der Waals surface area contributed by atoms with E-state index in [0.29, 0.717) is 34.2 Å². The van der Waals surface area contributed by atoms with Gasteiger partial charge in [-0.15, -0.1) is 0 Å². The maximum Gasteiger partial charge on any atom is 0.421 e. The van der Waals surface area contributed by atoms with Crippen LogP contribution in [0.1, 0.15) is 40.2 Å². The number of hydrogen-bond acceptors (Lipinski definition) is 10. The molecule has 228 valence electrons. The summed E-state index contributed by atoms with van der Waals surface area (Å²) >= 11 is 0. The molecule has 0 spiro atoms. The molecular formula is C31H39N7O5. The fraction of sp³-hybridized carbons (Fsp3) is 0.419. The van der Waals surface area contributed by atoms with E-state index in [1.54, 1.807) is 72.2 Å². The zero-order valence-corrected chi connectivity index (χ0v) is 25.7. The van der Waals surface area contributed by atoms with Crippen molar-refractivity contribution in [3.8, 4) is 5.75 Å². The molecule has 1 aromatic heterocycles. The van der Waals surface area contributed by atoms with E-state index in [-0.39, 0.29) is 5.95 Å². The van der Waals surface area contributed by atoms with Gasteiger partial charge in [-0.25, -0.2) is 19.5 Å². The summed E-state index contributed by atoms with van der Waals surface area (Å²) in [5.74, 6) is 1.29. The molecule has 2 aromatic carbocycles. The van der Waals surface area contributed by atoms with Crippen LogP contribution in [0.15, 0.2) is 48.7 Å². The molecular weight excluding hydrogens is 550 g/mol. The highest BCUT2D eigenvalue weighted by molar-refractivity contribution is 5.99. The molecule has 5 rings (SSSR count). The van der Waals surface area contributed by atoms with Gasteiger partial charge in [-0.3, -0.25) is 5.32 Å². The monoisotopic (exact) mass is 589 g/mol. The Labute approximate surface area is 251 Å². The van der Waals surface area contributed by atoms with Crippen molar-refractivity contribution in [1.82, 2.24) is 14.9 Å². The van der Waals surface area contributed by atoms with Crippen molar-refractivity contribution in [1.29, 1.82) is 0 Å². The number of anilines is 6. The molecule has 2 aliphatic heterocycles. The Morgan fingerprint density at radius 2 is 1.79 bits per heavy atom. The second kappa shape index (κ2) is 11.6. The molecule has 43 heavy (non-hydrogen) atoms. The van der Waals surface area contributed by atoms with Crippen molar-refractivity contribution in [3.63, 3.8) is 0 Å². The van der Waals surface area contributed by atoms with Gasteiger partial charge < -0.3 is 29.3 Å². The SMILES string of the molecule is COc1cc(N2CCN(C)CC2)ccc1Nc1ncc2c(n1)N(c1cccc(NC(=O)OC(C)(C)C)c1)C(=O)OC2(C)C. The normalized spacial score (nSPS) is 16.7. The fourth-order valence-corrected chi connectivity index (χ4v) is 4.97. The van der Waals surface area contributed by atoms with Gasteiger partial charge in [0.1, 0.15) is 17.0 Å². The lowest BCUT2D eigenvalue weighted by Crippen LogP contribution is -2.44. The van der Waals surface area contributed by atoms with Crippen molar-refractivity contribution in [2.45, 2.75) is 45.8 Å². The van der Waals surface area contributed by atoms with E-state index >= 15 is 0 Å². The number of cyclic esters (lactones) is 1. The molecule has 3 aromatic rings. The summed E-state index contributed by atoms with van der Waals surface area (Å²) in [6.07, 6.45) is 0.442. The Morgan fingerprint density at radius 1 is 1.05 bits per heavy atom. The molecule has 1 saturated heterocycles. The van der Waals surface area contributed by atoms with Crippen LogP contribution in [0.25, 0.3) is 0 Å². The van der Waals surface area contributed by atoms with Gasteiger partial charge in [0.25, 0.3) is 0 Å². The molecule has 0 atom stereocenters. The number of nitrogens with zero attached hydrogens (tertiary/aromatic N) is 5. The van der Waals surface area contributed by atoms with E-state index in [1.807, 2.05) is 18.2 Å². The highest BCUT2D eigenvalue weighted by Crippen LogP contribution is 2.42. The third-order valence-electron chi connectivity index (χ3n) is 7.20. The fourth-order valence-electron chi connectivity index (χ4n) is 4.97. The quantitative estimate of drug-likeness (QED) is 0.362. The maximum atomic E-state index is 13.4. The third-order valence-corrected chi connectivity index (χ3v) is 7.20. The molecule has 0 aliphatic carbocycles. The van der Waals surface area contributed by atoms with Gasteiger partial charge in [-0.1, -0.05) is 6.07 Å². The molecule has 12 nitrogen and oxygen atoms in total. The van der Waals surface area contributed by atoms with Crippen LogP contribution in [-0.4, -0.2) is 73.0 Å². The van der Waals surface area contributed by atoms with Crippen LogP contribution < -0.4 is 25.2 Å². The predicted octanol–water partition coefficient (Wildman–Crippen LogP) is 5.85. The Balaban J connectivity index is 1.44. The minimum atomic E-state index is -0.963. The Kier molecular flexibility index (Phi) is 8.06. The molecule has 3 heterocycles. The van der Waals surface area contributed by atoms with Crippen molar-refractivity contribution >= 4 is 46.7 Å². The smallest absolute Gasteiger partial charge is 0.421 e. The zero-order chi connectivity index (χ0) is 30.9. The maximum absolute atomic E-state index is 13.4. The van der Waals surface area contributed by atoms with Gasteiger partial charge in [0, 0.05) is 49.8 Å². The summed E-state index contributed by atoms with van der Waals surface area (Å²) in [6, 6.07) is 12.8. The van der Waals surface area contributed by atoms with Crippen LogP contribution in [0.3, 0.4) is 0 Å². The van der Waals surface area contributed by atoms with Gasteiger partial charge in [-0.2, -0.15) is 4.98 Å². The van der Waals surface area contributed by atoms with Crippen molar-refractivity contribution in [2.75, 3.05) is 60.8 Å². The van der Waals surface area contributed by atoms with Gasteiger partial charge in [0.05, 0.1) is 24.0 Å². The van der Waals surface area contributed by atoms with E-state index in [4.69, 9.17) is 19.2 Å². The number of ether oxygens (including phenoxy) is 3. The zero-order valence-electron chi connectivity index (χ0n) is 25.7. The highest BCUT2D eigenvalue weighted by Gasteiger charge is 2.41. The summed E-state index contributed by atoms with van der Waals surface area (Å²) in [7, 11) is 3.75. The minimum absolute atomic E-state index is 0.280. The van der Waals surface area contributed by atoms with Gasteiger partial charge in [0.15, 0.2) is 5.82 Å². The topological polar surface area (TPSA) is 121 Å². The average Bonchev–Trinajstić information content (AvgIpc) is 2.92. The highest BCUT2D eigenvalue weighted by atomic mass is 16.6. The average molecular weight is 590 g/mol. The summed E-state index contributed by atoms with van der Waals surface area (Å²) in [5.41, 5.74) is 1.68. The number of rotatable bonds is 6. The first kappa shape index (κ1) is 29.9. The molecule has 1 fully saturated rings. The van der Waals surface area contributed by atoms with Crippen LogP contribution in [-0.2, 0) is 15.1 Å². The lowest BCUT2D eigenvalue weighted by Gasteiger charge is -2.37. The number of fused-ring (bicyclic) bond motifs is 1. The number of aromatic nitrogens is 2. The number of benzene rings is 2. The van der Waals surface area contributed by atoms with Gasteiger partial charge in [-0.05, 0) is 72.0 Å². The van der Waals surface area contributed by atoms with Crippen LogP contribution >= 0.6 is 0 Å². The molecule has 0 saturated carbocycles. The molecule has 12 heteroatoms. The Bertz CT molecular complexity index is 1510. The van der Waals surface area contributed by atoms with Gasteiger partial charge in [0.2, 0.25) is 5.95 Å². The lowest BCUT2D eigenvalue weighted by molar-refractivity contribution is 0.0365. The van der Waals surface area contributed by atoms with Crippen molar-refractivity contribution < 1.29 is 23.8 Å². The standard InChI is InChI=1S/C31H39N7O5/c1-30(2,3)42-28(39)33-20-9-8-10-22(17-20)38-26-23(31(4,5)43-29(38)40)19-32-27(35-26)34-24-12-11-21(18-25(24)41-7)37-15-13-36(6)14-16-37/h8-12,17-19H,13-16H2,1-7H3,(H,33,39)(H,32,34,35). The number of amides is 2. The second-order valence-corrected chi connectivity index (χ2v) is 12.1. The molecule has 2 amide bonds. The molecule has 2 N–H and O–H groups in total. The molecule has 0 unspecified atom stereocenters. The van der Waals surface area contributed by atoms with E-state index in [1.165, 1.54) is 4.90 Å². The van der Waals surface area contributed by atoms with Crippen molar-refractivity contribution in [2.24, 2.45) is 0 Å². The van der Waals surface area contributed by atoms with E-state index < -0.39 is 23.4 Å². The first-order valence-corrected chi connectivity index (χ1v) is 14.2. The van der Waals surface area contributed by atoms with E-state index in [0.717, 1.165) is 31.9 Å². The number of likely N-dealkylation sites (N-methyl/N-ethyl adjacent to an activating group) is 1. The van der Waals surface area contributed by atoms with Crippen LogP contribution in [0.2, 0.25) is 0 Å². The largest absolute Gasteiger partial charge is 0.494 e. The number of nitrogens with one attached hydrogen (secondary N) is 2. The number of piperazine rings is 1. The summed E-state index contributed by atoms with van der Waals surface area (Å²) in [6.45, 7) is 12.8. The number of methoxy groups -OCH3 is 1. The first-order valence-electron chi connectivity index (χ1n) is 14.2. The van der Waals surface area contributed by atoms with Crippen molar-refractivity contribution in [3.05, 3.63) is 54.2 Å². The third kappa shape index (κ3) is 6.75. The Morgan fingerprint density at radius 3 is 2.49 bits per heavy atom.